The second-order valence-corrected chi connectivity index (χ2v) is 13.1. The Morgan fingerprint density at radius 3 is 2.71 bits per heavy atom. The first-order chi connectivity index (χ1) is 18.3. The lowest BCUT2D eigenvalue weighted by atomic mass is 9.92. The minimum Gasteiger partial charge on any atom is -0.360 e. The molecule has 0 bridgehead atoms. The van der Waals surface area contributed by atoms with Crippen LogP contribution in [0.5, 0.6) is 0 Å². The number of hydrogen-bond acceptors (Lipinski definition) is 12. The van der Waals surface area contributed by atoms with Crippen molar-refractivity contribution in [3.8, 4) is 0 Å². The number of likely N-dealkylation sites (tertiary alicyclic amines) is 1. The van der Waals surface area contributed by atoms with E-state index in [4.69, 9.17) is 4.52 Å². The van der Waals surface area contributed by atoms with E-state index in [9.17, 15) is 4.79 Å². The van der Waals surface area contributed by atoms with Crippen molar-refractivity contribution in [1.82, 2.24) is 30.5 Å². The van der Waals surface area contributed by atoms with E-state index in [2.05, 4.69) is 72.8 Å². The number of rotatable bonds is 9. The smallest absolute Gasteiger partial charge is 0.236 e. The molecular weight excluding hydrogens is 522 g/mol. The first kappa shape index (κ1) is 26.8. The van der Waals surface area contributed by atoms with Crippen LogP contribution in [0.15, 0.2) is 28.9 Å². The van der Waals surface area contributed by atoms with Gasteiger partial charge in [0.1, 0.15) is 0 Å². The number of nitrogens with zero attached hydrogens (tertiary/aromatic N) is 7. The number of carbonyl (C=O) groups is 1. The first-order valence-electron chi connectivity index (χ1n) is 13.0. The molecule has 0 aliphatic carbocycles. The van der Waals surface area contributed by atoms with Crippen LogP contribution < -0.4 is 15.5 Å². The first-order valence-corrected chi connectivity index (χ1v) is 14.9. The molecule has 0 spiro atoms. The summed E-state index contributed by atoms with van der Waals surface area (Å²) in [7, 11) is 0. The van der Waals surface area contributed by atoms with Gasteiger partial charge >= 0.3 is 0 Å². The van der Waals surface area contributed by atoms with E-state index in [-0.39, 0.29) is 17.4 Å². The van der Waals surface area contributed by atoms with Crippen molar-refractivity contribution in [3.63, 3.8) is 0 Å². The molecule has 11 nitrogen and oxygen atoms in total. The molecule has 0 unspecified atom stereocenters. The van der Waals surface area contributed by atoms with Gasteiger partial charge in [-0.3, -0.25) is 15.0 Å². The Kier molecular flexibility index (Phi) is 8.44. The lowest BCUT2D eigenvalue weighted by Gasteiger charge is -2.30. The third-order valence-corrected chi connectivity index (χ3v) is 8.90. The number of thioether (sulfide) groups is 1. The monoisotopic (exact) mass is 557 g/mol. The molecule has 2 fully saturated rings. The summed E-state index contributed by atoms with van der Waals surface area (Å²) in [6.45, 7) is 10.9. The lowest BCUT2D eigenvalue weighted by Crippen LogP contribution is -2.34. The summed E-state index contributed by atoms with van der Waals surface area (Å²) in [5.74, 6) is 2.18. The Balaban J connectivity index is 0.994. The third kappa shape index (κ3) is 7.20. The number of carbonyl (C=O) groups excluding carboxylic acids is 1. The molecule has 2 aliphatic rings. The van der Waals surface area contributed by atoms with Crippen LogP contribution in [0.3, 0.4) is 0 Å². The van der Waals surface area contributed by atoms with E-state index in [0.717, 1.165) is 69.3 Å². The Labute approximate surface area is 231 Å². The van der Waals surface area contributed by atoms with Gasteiger partial charge in [0.2, 0.25) is 16.2 Å². The third-order valence-electron chi connectivity index (χ3n) is 6.76. The number of amides is 1. The summed E-state index contributed by atoms with van der Waals surface area (Å²) in [6, 6.07) is 6.18. The standard InChI is InChI=1S/C25H35N9O2S2/c1-25(2,3)20-13-18(36-32-20)15-33-10-7-19(8-11-33)37-16-22(35)28-24-31-30-23(38-24)27-17-6-12-34(14-17)21-5-4-9-26-29-21/h4-5,9,13,17,19H,6-8,10-12,14-16H2,1-3H3,(H,27,30)(H,28,31,35)/t17-/m1/s1. The van der Waals surface area contributed by atoms with Gasteiger partial charge in [0.15, 0.2) is 11.6 Å². The van der Waals surface area contributed by atoms with E-state index in [1.54, 1.807) is 18.0 Å². The van der Waals surface area contributed by atoms with Crippen LogP contribution in [0, 0.1) is 0 Å². The summed E-state index contributed by atoms with van der Waals surface area (Å²) in [6.07, 6.45) is 4.76. The largest absolute Gasteiger partial charge is 0.360 e. The van der Waals surface area contributed by atoms with Gasteiger partial charge in [-0.05, 0) is 44.5 Å². The Bertz CT molecular complexity index is 1190. The van der Waals surface area contributed by atoms with E-state index >= 15 is 0 Å². The highest BCUT2D eigenvalue weighted by atomic mass is 32.2. The maximum atomic E-state index is 12.5. The van der Waals surface area contributed by atoms with Gasteiger partial charge in [0, 0.05) is 42.1 Å². The second-order valence-electron chi connectivity index (χ2n) is 10.8. The van der Waals surface area contributed by atoms with Gasteiger partial charge in [-0.15, -0.1) is 27.1 Å². The summed E-state index contributed by atoms with van der Waals surface area (Å²) in [5.41, 5.74) is 0.987. The topological polar surface area (TPSA) is 125 Å². The lowest BCUT2D eigenvalue weighted by molar-refractivity contribution is -0.113. The highest BCUT2D eigenvalue weighted by molar-refractivity contribution is 8.00. The van der Waals surface area contributed by atoms with Gasteiger partial charge in [0.25, 0.3) is 0 Å². The molecule has 5 rings (SSSR count). The number of nitrogens with one attached hydrogen (secondary N) is 2. The van der Waals surface area contributed by atoms with E-state index in [0.29, 0.717) is 21.3 Å². The molecule has 0 saturated carbocycles. The summed E-state index contributed by atoms with van der Waals surface area (Å²) < 4.78 is 5.55. The second kappa shape index (κ2) is 12.0. The maximum Gasteiger partial charge on any atom is 0.236 e. The van der Waals surface area contributed by atoms with Crippen LogP contribution in [0.1, 0.15) is 51.5 Å². The summed E-state index contributed by atoms with van der Waals surface area (Å²) >= 11 is 3.09. The normalized spacial score (nSPS) is 19.1. The van der Waals surface area contributed by atoms with Crippen LogP contribution in [0.2, 0.25) is 0 Å². The highest BCUT2D eigenvalue weighted by Gasteiger charge is 2.26. The average Bonchev–Trinajstić information content (AvgIpc) is 3.66. The van der Waals surface area contributed by atoms with Gasteiger partial charge in [0.05, 0.1) is 18.0 Å². The Morgan fingerprint density at radius 1 is 1.16 bits per heavy atom. The molecule has 1 atom stereocenters. The van der Waals surface area contributed by atoms with Crippen LogP contribution >= 0.6 is 23.1 Å². The number of aromatic nitrogens is 5. The Hall–Kier alpha value is -2.77. The zero-order valence-corrected chi connectivity index (χ0v) is 23.7. The van der Waals surface area contributed by atoms with Gasteiger partial charge in [-0.1, -0.05) is 37.3 Å². The van der Waals surface area contributed by atoms with E-state index in [1.807, 2.05) is 12.1 Å². The highest BCUT2D eigenvalue weighted by Crippen LogP contribution is 2.28. The van der Waals surface area contributed by atoms with Crippen molar-refractivity contribution in [2.75, 3.05) is 47.5 Å². The fourth-order valence-corrected chi connectivity index (χ4v) is 6.34. The fourth-order valence-electron chi connectivity index (χ4n) is 4.60. The van der Waals surface area contributed by atoms with Crippen LogP contribution in [0.4, 0.5) is 16.1 Å². The zero-order chi connectivity index (χ0) is 26.5. The van der Waals surface area contributed by atoms with Gasteiger partial charge < -0.3 is 14.7 Å². The van der Waals surface area contributed by atoms with Crippen LogP contribution in [0.25, 0.3) is 0 Å². The molecule has 2 N–H and O–H groups in total. The number of hydrogen-bond donors (Lipinski definition) is 2. The zero-order valence-electron chi connectivity index (χ0n) is 22.1. The predicted octanol–water partition coefficient (Wildman–Crippen LogP) is 3.64. The molecule has 3 aromatic rings. The average molecular weight is 558 g/mol. The maximum absolute atomic E-state index is 12.5. The van der Waals surface area contributed by atoms with Crippen LogP contribution in [-0.4, -0.2) is 79.6 Å². The fraction of sp³-hybridized carbons (Fsp3) is 0.600. The number of piperidine rings is 1. The molecular formula is C25H35N9O2S2. The molecule has 2 aliphatic heterocycles. The molecule has 5 heterocycles. The van der Waals surface area contributed by atoms with Crippen molar-refractivity contribution in [3.05, 3.63) is 35.9 Å². The van der Waals surface area contributed by atoms with Crippen molar-refractivity contribution in [2.24, 2.45) is 0 Å². The molecule has 0 radical (unpaired) electrons. The predicted molar refractivity (Wildman–Crippen MR) is 151 cm³/mol. The van der Waals surface area contributed by atoms with Crippen molar-refractivity contribution >= 4 is 45.1 Å². The molecule has 13 heteroatoms. The molecule has 1 amide bonds. The molecule has 0 aromatic carbocycles. The number of anilines is 3. The van der Waals surface area contributed by atoms with Crippen molar-refractivity contribution in [2.45, 2.75) is 63.3 Å². The van der Waals surface area contributed by atoms with Crippen molar-refractivity contribution < 1.29 is 9.32 Å². The van der Waals surface area contributed by atoms with E-state index < -0.39 is 0 Å². The van der Waals surface area contributed by atoms with E-state index in [1.165, 1.54) is 11.3 Å². The minimum absolute atomic E-state index is 0.00477. The molecule has 38 heavy (non-hydrogen) atoms. The molecule has 3 aromatic heterocycles. The molecule has 2 saturated heterocycles. The Morgan fingerprint density at radius 2 is 1.97 bits per heavy atom. The SMILES string of the molecule is CC(C)(C)c1cc(CN2CCC(SCC(=O)Nc3nnc(N[C@@H]4CCN(c5cccnn5)C4)s3)CC2)on1. The summed E-state index contributed by atoms with van der Waals surface area (Å²) in [4.78, 5) is 17.1. The minimum atomic E-state index is -0.0359. The van der Waals surface area contributed by atoms with Crippen molar-refractivity contribution in [1.29, 1.82) is 0 Å². The molecule has 204 valence electrons. The van der Waals surface area contributed by atoms with Gasteiger partial charge in [-0.25, -0.2) is 0 Å². The quantitative estimate of drug-likeness (QED) is 0.400. The van der Waals surface area contributed by atoms with Crippen LogP contribution in [-0.2, 0) is 16.8 Å². The van der Waals surface area contributed by atoms with Gasteiger partial charge in [-0.2, -0.15) is 5.10 Å². The summed E-state index contributed by atoms with van der Waals surface area (Å²) in [5, 5.41) is 28.8.